The lowest BCUT2D eigenvalue weighted by Crippen LogP contribution is -2.42. The third kappa shape index (κ3) is 6.35. The summed E-state index contributed by atoms with van der Waals surface area (Å²) in [7, 11) is -1.78. The standard InChI is InChI=1S/C10H17N3O3S2.ClH/c1-8(11-2)6-12-9(14)7-13-18(15,16)10-4-3-5-17-10;/h3-5,8,11,13H,6-7H2,1-2H3,(H,12,14);1H. The normalized spacial score (nSPS) is 12.5. The van der Waals surface area contributed by atoms with Gasteiger partial charge in [0, 0.05) is 12.6 Å². The molecule has 0 bridgehead atoms. The maximum Gasteiger partial charge on any atom is 0.250 e. The van der Waals surface area contributed by atoms with E-state index in [0.717, 1.165) is 11.3 Å². The average Bonchev–Trinajstić information content (AvgIpc) is 2.88. The Morgan fingerprint density at radius 2 is 2.16 bits per heavy atom. The van der Waals surface area contributed by atoms with Gasteiger partial charge in [-0.1, -0.05) is 6.07 Å². The van der Waals surface area contributed by atoms with Gasteiger partial charge in [0.1, 0.15) is 4.21 Å². The van der Waals surface area contributed by atoms with Crippen LogP contribution in [0.5, 0.6) is 0 Å². The Labute approximate surface area is 123 Å². The molecule has 0 fully saturated rings. The minimum absolute atomic E-state index is 0. The fourth-order valence-corrected chi connectivity index (χ4v) is 3.10. The maximum absolute atomic E-state index is 11.7. The van der Waals surface area contributed by atoms with Gasteiger partial charge >= 0.3 is 0 Å². The van der Waals surface area contributed by atoms with Crippen molar-refractivity contribution in [2.24, 2.45) is 0 Å². The van der Waals surface area contributed by atoms with E-state index in [1.54, 1.807) is 18.5 Å². The molecule has 1 aromatic heterocycles. The van der Waals surface area contributed by atoms with Gasteiger partial charge in [-0.15, -0.1) is 23.7 Å². The first-order chi connectivity index (χ1) is 8.45. The molecule has 0 aliphatic carbocycles. The molecule has 1 rings (SSSR count). The summed E-state index contributed by atoms with van der Waals surface area (Å²) in [5.74, 6) is -0.350. The average molecular weight is 328 g/mol. The molecular weight excluding hydrogens is 310 g/mol. The lowest BCUT2D eigenvalue weighted by Gasteiger charge is -2.11. The summed E-state index contributed by atoms with van der Waals surface area (Å²) in [6.45, 7) is 2.11. The molecule has 19 heavy (non-hydrogen) atoms. The molecule has 1 aromatic rings. The summed E-state index contributed by atoms with van der Waals surface area (Å²) in [4.78, 5) is 11.4. The number of amides is 1. The van der Waals surface area contributed by atoms with Crippen molar-refractivity contribution in [2.75, 3.05) is 20.1 Å². The van der Waals surface area contributed by atoms with Gasteiger partial charge in [-0.25, -0.2) is 13.1 Å². The van der Waals surface area contributed by atoms with Crippen LogP contribution in [0.2, 0.25) is 0 Å². The zero-order valence-corrected chi connectivity index (χ0v) is 13.1. The molecule has 110 valence electrons. The molecule has 1 unspecified atom stereocenters. The number of nitrogens with one attached hydrogen (secondary N) is 3. The second kappa shape index (κ2) is 8.49. The van der Waals surface area contributed by atoms with Gasteiger partial charge in [0.15, 0.2) is 0 Å². The summed E-state index contributed by atoms with van der Waals surface area (Å²) in [6.07, 6.45) is 0. The summed E-state index contributed by atoms with van der Waals surface area (Å²) < 4.78 is 25.9. The first-order valence-corrected chi connectivity index (χ1v) is 7.79. The number of hydrogen-bond donors (Lipinski definition) is 3. The molecule has 1 heterocycles. The SMILES string of the molecule is CNC(C)CNC(=O)CNS(=O)(=O)c1cccs1.Cl. The van der Waals surface area contributed by atoms with Gasteiger partial charge in [-0.3, -0.25) is 4.79 Å². The molecule has 0 saturated heterocycles. The van der Waals surface area contributed by atoms with Crippen LogP contribution in [0.15, 0.2) is 21.7 Å². The van der Waals surface area contributed by atoms with Gasteiger partial charge in [0.25, 0.3) is 10.0 Å². The molecule has 0 aliphatic heterocycles. The molecule has 0 saturated carbocycles. The van der Waals surface area contributed by atoms with Gasteiger partial charge in [0.2, 0.25) is 5.91 Å². The number of hydrogen-bond acceptors (Lipinski definition) is 5. The highest BCUT2D eigenvalue weighted by molar-refractivity contribution is 7.91. The monoisotopic (exact) mass is 327 g/mol. The summed E-state index contributed by atoms with van der Waals surface area (Å²) in [5.41, 5.74) is 0. The highest BCUT2D eigenvalue weighted by Crippen LogP contribution is 2.14. The predicted octanol–water partition coefficient (Wildman–Crippen LogP) is 0.172. The topological polar surface area (TPSA) is 87.3 Å². The number of carbonyl (C=O) groups excluding carboxylic acids is 1. The molecule has 1 amide bonds. The third-order valence-corrected chi connectivity index (χ3v) is 5.08. The Hall–Kier alpha value is -0.670. The lowest BCUT2D eigenvalue weighted by atomic mass is 10.3. The fourth-order valence-electron chi connectivity index (χ4n) is 1.08. The van der Waals surface area contributed by atoms with E-state index in [9.17, 15) is 13.2 Å². The van der Waals surface area contributed by atoms with Crippen LogP contribution in [0.4, 0.5) is 0 Å². The highest BCUT2D eigenvalue weighted by Gasteiger charge is 2.16. The number of rotatable bonds is 7. The van der Waals surface area contributed by atoms with Crippen LogP contribution < -0.4 is 15.4 Å². The van der Waals surface area contributed by atoms with E-state index in [-0.39, 0.29) is 35.1 Å². The van der Waals surface area contributed by atoms with Crippen molar-refractivity contribution in [1.82, 2.24) is 15.4 Å². The lowest BCUT2D eigenvalue weighted by molar-refractivity contribution is -0.120. The quantitative estimate of drug-likeness (QED) is 0.666. The smallest absolute Gasteiger partial charge is 0.250 e. The van der Waals surface area contributed by atoms with Crippen molar-refractivity contribution >= 4 is 39.7 Å². The van der Waals surface area contributed by atoms with E-state index in [1.165, 1.54) is 6.07 Å². The van der Waals surface area contributed by atoms with Crippen LogP contribution in [0.3, 0.4) is 0 Å². The van der Waals surface area contributed by atoms with E-state index in [1.807, 2.05) is 6.92 Å². The predicted molar refractivity (Wildman–Crippen MR) is 78.3 cm³/mol. The van der Waals surface area contributed by atoms with Gasteiger partial charge in [-0.05, 0) is 25.4 Å². The van der Waals surface area contributed by atoms with Crippen molar-refractivity contribution in [1.29, 1.82) is 0 Å². The van der Waals surface area contributed by atoms with Gasteiger partial charge < -0.3 is 10.6 Å². The van der Waals surface area contributed by atoms with Gasteiger partial charge in [-0.2, -0.15) is 0 Å². The van der Waals surface area contributed by atoms with Crippen LogP contribution in [-0.4, -0.2) is 40.5 Å². The van der Waals surface area contributed by atoms with Crippen LogP contribution in [0, 0.1) is 0 Å². The number of thiophene rings is 1. The van der Waals surface area contributed by atoms with Crippen LogP contribution in [0.1, 0.15) is 6.92 Å². The van der Waals surface area contributed by atoms with Crippen molar-refractivity contribution < 1.29 is 13.2 Å². The largest absolute Gasteiger partial charge is 0.353 e. The summed E-state index contributed by atoms with van der Waals surface area (Å²) in [6, 6.07) is 3.28. The Morgan fingerprint density at radius 1 is 1.47 bits per heavy atom. The minimum Gasteiger partial charge on any atom is -0.353 e. The molecule has 1 atom stereocenters. The third-order valence-electron chi connectivity index (χ3n) is 2.28. The Balaban J connectivity index is 0.00000324. The zero-order valence-electron chi connectivity index (χ0n) is 10.7. The van der Waals surface area contributed by atoms with Crippen molar-refractivity contribution in [3.8, 4) is 0 Å². The first-order valence-electron chi connectivity index (χ1n) is 5.43. The van der Waals surface area contributed by atoms with E-state index < -0.39 is 10.0 Å². The van der Waals surface area contributed by atoms with Crippen LogP contribution >= 0.6 is 23.7 Å². The van der Waals surface area contributed by atoms with E-state index in [4.69, 9.17) is 0 Å². The second-order valence-electron chi connectivity index (χ2n) is 3.75. The molecule has 3 N–H and O–H groups in total. The van der Waals surface area contributed by atoms with E-state index in [0.29, 0.717) is 6.54 Å². The number of likely N-dealkylation sites (N-methyl/N-ethyl adjacent to an activating group) is 1. The van der Waals surface area contributed by atoms with Gasteiger partial charge in [0.05, 0.1) is 6.54 Å². The number of sulfonamides is 1. The van der Waals surface area contributed by atoms with Crippen molar-refractivity contribution in [3.63, 3.8) is 0 Å². The Bertz CT molecular complexity index is 476. The summed E-state index contributed by atoms with van der Waals surface area (Å²) >= 11 is 1.11. The number of carbonyl (C=O) groups is 1. The zero-order chi connectivity index (χ0) is 13.6. The van der Waals surface area contributed by atoms with Crippen LogP contribution in [0.25, 0.3) is 0 Å². The fraction of sp³-hybridized carbons (Fsp3) is 0.500. The van der Waals surface area contributed by atoms with E-state index in [2.05, 4.69) is 15.4 Å². The Kier molecular flexibility index (Phi) is 8.19. The highest BCUT2D eigenvalue weighted by atomic mass is 35.5. The first kappa shape index (κ1) is 18.3. The van der Waals surface area contributed by atoms with E-state index >= 15 is 0 Å². The van der Waals surface area contributed by atoms with Crippen LogP contribution in [-0.2, 0) is 14.8 Å². The molecular formula is C10H18ClN3O3S2. The molecule has 9 heteroatoms. The van der Waals surface area contributed by atoms with Crippen molar-refractivity contribution in [3.05, 3.63) is 17.5 Å². The molecule has 0 aliphatic rings. The summed E-state index contributed by atoms with van der Waals surface area (Å²) in [5, 5.41) is 7.26. The Morgan fingerprint density at radius 3 is 2.68 bits per heavy atom. The second-order valence-corrected chi connectivity index (χ2v) is 6.69. The number of halogens is 1. The maximum atomic E-state index is 11.7. The molecule has 6 nitrogen and oxygen atoms in total. The van der Waals surface area contributed by atoms with Crippen molar-refractivity contribution in [2.45, 2.75) is 17.2 Å². The minimum atomic E-state index is -3.56. The molecule has 0 aromatic carbocycles. The molecule has 0 radical (unpaired) electrons. The molecule has 0 spiro atoms.